The summed E-state index contributed by atoms with van der Waals surface area (Å²) in [5, 5.41) is 9.41. The highest BCUT2D eigenvalue weighted by Gasteiger charge is 2.24. The van der Waals surface area contributed by atoms with Crippen LogP contribution in [-0.2, 0) is 9.53 Å². The fourth-order valence-corrected chi connectivity index (χ4v) is 2.13. The van der Waals surface area contributed by atoms with Crippen molar-refractivity contribution in [3.05, 3.63) is 12.2 Å². The van der Waals surface area contributed by atoms with Crippen molar-refractivity contribution in [1.29, 1.82) is 0 Å². The zero-order chi connectivity index (χ0) is 13.1. The highest BCUT2D eigenvalue weighted by atomic mass is 16.6. The Hall–Kier alpha value is -0.830. The molecule has 0 spiro atoms. The molecule has 0 radical (unpaired) electrons. The van der Waals surface area contributed by atoms with Gasteiger partial charge in [0.05, 0.1) is 6.10 Å². The molecule has 0 aliphatic heterocycles. The summed E-state index contributed by atoms with van der Waals surface area (Å²) in [6, 6.07) is 0. The summed E-state index contributed by atoms with van der Waals surface area (Å²) < 4.78 is 5.27. The van der Waals surface area contributed by atoms with E-state index in [0.717, 1.165) is 25.7 Å². The van der Waals surface area contributed by atoms with Gasteiger partial charge in [0.2, 0.25) is 0 Å². The molecule has 1 fully saturated rings. The molecular formula is C14H24O3. The summed E-state index contributed by atoms with van der Waals surface area (Å²) in [4.78, 5) is 11.7. The maximum Gasteiger partial charge on any atom is 0.333 e. The third kappa shape index (κ3) is 5.35. The van der Waals surface area contributed by atoms with E-state index in [4.69, 9.17) is 4.74 Å². The molecule has 0 aromatic rings. The average Bonchev–Trinajstić information content (AvgIpc) is 2.19. The fraction of sp³-hybridized carbons (Fsp3) is 0.786. The Labute approximate surface area is 104 Å². The number of rotatable bonds is 3. The van der Waals surface area contributed by atoms with Crippen molar-refractivity contribution >= 4 is 5.97 Å². The minimum absolute atomic E-state index is 0.152. The van der Waals surface area contributed by atoms with Gasteiger partial charge in [-0.25, -0.2) is 4.79 Å². The first-order chi connectivity index (χ1) is 7.78. The summed E-state index contributed by atoms with van der Waals surface area (Å²) in [6.45, 7) is 9.38. The molecule has 0 atom stereocenters. The standard InChI is InChI=1S/C14H24O3/c1-10(13(16)17-14(2,3)4)9-11-5-7-12(15)8-6-11/h11-12,15H,1,5-9H2,2-4H3. The van der Waals surface area contributed by atoms with Gasteiger partial charge >= 0.3 is 5.97 Å². The molecule has 3 heteroatoms. The van der Waals surface area contributed by atoms with Crippen LogP contribution in [0, 0.1) is 5.92 Å². The molecular weight excluding hydrogens is 216 g/mol. The molecule has 0 bridgehead atoms. The molecule has 1 aliphatic rings. The van der Waals surface area contributed by atoms with Crippen molar-refractivity contribution < 1.29 is 14.6 Å². The summed E-state index contributed by atoms with van der Waals surface area (Å²) >= 11 is 0. The van der Waals surface area contributed by atoms with Gasteiger partial charge in [0.1, 0.15) is 5.60 Å². The maximum absolute atomic E-state index is 11.7. The lowest BCUT2D eigenvalue weighted by atomic mass is 9.83. The van der Waals surface area contributed by atoms with Gasteiger partial charge in [0.15, 0.2) is 0 Å². The molecule has 1 rings (SSSR count). The van der Waals surface area contributed by atoms with E-state index in [-0.39, 0.29) is 12.1 Å². The molecule has 1 N–H and O–H groups in total. The molecule has 0 saturated heterocycles. The van der Waals surface area contributed by atoms with Crippen LogP contribution in [0.3, 0.4) is 0 Å². The van der Waals surface area contributed by atoms with Crippen LogP contribution in [0.25, 0.3) is 0 Å². The third-order valence-electron chi connectivity index (χ3n) is 3.04. The van der Waals surface area contributed by atoms with E-state index >= 15 is 0 Å². The van der Waals surface area contributed by atoms with Crippen molar-refractivity contribution in [1.82, 2.24) is 0 Å². The van der Waals surface area contributed by atoms with Crippen molar-refractivity contribution in [3.8, 4) is 0 Å². The van der Waals surface area contributed by atoms with Crippen LogP contribution in [0.15, 0.2) is 12.2 Å². The number of esters is 1. The van der Waals surface area contributed by atoms with Crippen LogP contribution >= 0.6 is 0 Å². The van der Waals surface area contributed by atoms with E-state index in [2.05, 4.69) is 6.58 Å². The minimum Gasteiger partial charge on any atom is -0.457 e. The molecule has 3 nitrogen and oxygen atoms in total. The molecule has 0 aromatic carbocycles. The Morgan fingerprint density at radius 3 is 2.29 bits per heavy atom. The van der Waals surface area contributed by atoms with Crippen LogP contribution in [-0.4, -0.2) is 22.8 Å². The second-order valence-electron chi connectivity index (χ2n) is 5.98. The molecule has 1 aliphatic carbocycles. The van der Waals surface area contributed by atoms with Gasteiger partial charge in [-0.1, -0.05) is 6.58 Å². The van der Waals surface area contributed by atoms with Gasteiger partial charge in [-0.3, -0.25) is 0 Å². The Bertz CT molecular complexity index is 280. The highest BCUT2D eigenvalue weighted by Crippen LogP contribution is 2.29. The van der Waals surface area contributed by atoms with Crippen LogP contribution in [0.4, 0.5) is 0 Å². The van der Waals surface area contributed by atoms with Gasteiger partial charge < -0.3 is 9.84 Å². The Morgan fingerprint density at radius 1 is 1.29 bits per heavy atom. The van der Waals surface area contributed by atoms with Crippen molar-refractivity contribution in [2.24, 2.45) is 5.92 Å². The van der Waals surface area contributed by atoms with Crippen molar-refractivity contribution in [2.45, 2.75) is 64.6 Å². The molecule has 0 amide bonds. The Balaban J connectivity index is 2.36. The van der Waals surface area contributed by atoms with E-state index in [0.29, 0.717) is 17.9 Å². The average molecular weight is 240 g/mol. The van der Waals surface area contributed by atoms with Gasteiger partial charge in [0.25, 0.3) is 0 Å². The number of hydrogen-bond donors (Lipinski definition) is 1. The van der Waals surface area contributed by atoms with Crippen LogP contribution in [0.2, 0.25) is 0 Å². The first-order valence-electron chi connectivity index (χ1n) is 6.37. The van der Waals surface area contributed by atoms with Crippen molar-refractivity contribution in [2.75, 3.05) is 0 Å². The molecule has 0 heterocycles. The number of ether oxygens (including phenoxy) is 1. The summed E-state index contributed by atoms with van der Waals surface area (Å²) in [7, 11) is 0. The molecule has 1 saturated carbocycles. The fourth-order valence-electron chi connectivity index (χ4n) is 2.13. The van der Waals surface area contributed by atoms with Gasteiger partial charge in [0, 0.05) is 5.57 Å². The monoisotopic (exact) mass is 240 g/mol. The largest absolute Gasteiger partial charge is 0.457 e. The Morgan fingerprint density at radius 2 is 1.82 bits per heavy atom. The molecule has 0 aromatic heterocycles. The van der Waals surface area contributed by atoms with E-state index in [1.807, 2.05) is 20.8 Å². The Kier molecular flexibility index (Phi) is 4.75. The number of hydrogen-bond acceptors (Lipinski definition) is 3. The lowest BCUT2D eigenvalue weighted by Crippen LogP contribution is -2.26. The maximum atomic E-state index is 11.7. The first kappa shape index (κ1) is 14.2. The SMILES string of the molecule is C=C(CC1CCC(O)CC1)C(=O)OC(C)(C)C. The zero-order valence-electron chi connectivity index (χ0n) is 11.2. The topological polar surface area (TPSA) is 46.5 Å². The second kappa shape index (κ2) is 5.67. The number of aliphatic hydroxyl groups excluding tert-OH is 1. The summed E-state index contributed by atoms with van der Waals surface area (Å²) in [5.74, 6) is 0.182. The molecule has 17 heavy (non-hydrogen) atoms. The smallest absolute Gasteiger partial charge is 0.333 e. The number of carbonyl (C=O) groups is 1. The van der Waals surface area contributed by atoms with Gasteiger partial charge in [-0.2, -0.15) is 0 Å². The highest BCUT2D eigenvalue weighted by molar-refractivity contribution is 5.88. The molecule has 98 valence electrons. The van der Waals surface area contributed by atoms with E-state index in [1.165, 1.54) is 0 Å². The van der Waals surface area contributed by atoms with E-state index in [1.54, 1.807) is 0 Å². The van der Waals surface area contributed by atoms with E-state index < -0.39 is 5.60 Å². The normalized spacial score (nSPS) is 25.4. The van der Waals surface area contributed by atoms with E-state index in [9.17, 15) is 9.90 Å². The quantitative estimate of drug-likeness (QED) is 0.609. The predicted octanol–water partition coefficient (Wildman–Crippen LogP) is 2.83. The van der Waals surface area contributed by atoms with Crippen LogP contribution < -0.4 is 0 Å². The zero-order valence-corrected chi connectivity index (χ0v) is 11.2. The summed E-state index contributed by atoms with van der Waals surface area (Å²) in [5.41, 5.74) is 0.101. The second-order valence-corrected chi connectivity index (χ2v) is 5.98. The molecule has 0 unspecified atom stereocenters. The minimum atomic E-state index is -0.456. The number of aliphatic hydroxyl groups is 1. The van der Waals surface area contributed by atoms with Gasteiger partial charge in [-0.15, -0.1) is 0 Å². The third-order valence-corrected chi connectivity index (χ3v) is 3.04. The number of carbonyl (C=O) groups excluding carboxylic acids is 1. The van der Waals surface area contributed by atoms with Crippen LogP contribution in [0.1, 0.15) is 52.9 Å². The van der Waals surface area contributed by atoms with Crippen molar-refractivity contribution in [3.63, 3.8) is 0 Å². The van der Waals surface area contributed by atoms with Crippen LogP contribution in [0.5, 0.6) is 0 Å². The lowest BCUT2D eigenvalue weighted by molar-refractivity contribution is -0.150. The summed E-state index contributed by atoms with van der Waals surface area (Å²) in [6.07, 6.45) is 4.17. The lowest BCUT2D eigenvalue weighted by Gasteiger charge is -2.26. The first-order valence-corrected chi connectivity index (χ1v) is 6.37. The predicted molar refractivity (Wildman–Crippen MR) is 67.6 cm³/mol. The van der Waals surface area contributed by atoms with Gasteiger partial charge in [-0.05, 0) is 58.8 Å².